The fourth-order valence-electron chi connectivity index (χ4n) is 0.945. The molecule has 0 aliphatic heterocycles. The van der Waals surface area contributed by atoms with Gasteiger partial charge in [0, 0.05) is 6.54 Å². The number of carbonyl (C=O) groups is 1. The minimum absolute atomic E-state index is 0. The highest BCUT2D eigenvalue weighted by Crippen LogP contribution is 1.96. The number of carbonyl (C=O) groups excluding carboxylic acids is 1. The molecule has 0 saturated carbocycles. The van der Waals surface area contributed by atoms with E-state index in [0.29, 0.717) is 6.42 Å². The lowest BCUT2D eigenvalue weighted by molar-refractivity contribution is -0.142. The predicted molar refractivity (Wildman–Crippen MR) is 63.9 cm³/mol. The van der Waals surface area contributed by atoms with Gasteiger partial charge in [0.1, 0.15) is 6.04 Å². The van der Waals surface area contributed by atoms with Crippen molar-refractivity contribution in [3.63, 3.8) is 0 Å². The van der Waals surface area contributed by atoms with Crippen molar-refractivity contribution >= 4 is 28.4 Å². The molecule has 0 radical (unpaired) electrons. The first-order chi connectivity index (χ1) is 6.96. The van der Waals surface area contributed by atoms with Crippen LogP contribution in [-0.4, -0.2) is 39.8 Å². The monoisotopic (exact) mass is 274 g/mol. The fraction of sp³-hybridized carbons (Fsp3) is 0.875. The molecule has 0 aliphatic carbocycles. The normalized spacial score (nSPS) is 12.7. The number of methoxy groups -OCH3 is 1. The topological polar surface area (TPSA) is 98.5 Å². The zero-order valence-electron chi connectivity index (χ0n) is 9.43. The van der Waals surface area contributed by atoms with Gasteiger partial charge in [0.2, 0.25) is 10.0 Å². The number of nitrogens with one attached hydrogen (secondary N) is 1. The maximum absolute atomic E-state index is 11.4. The highest BCUT2D eigenvalue weighted by Gasteiger charge is 2.23. The minimum Gasteiger partial charge on any atom is -0.468 e. The maximum Gasteiger partial charge on any atom is 0.325 e. The highest BCUT2D eigenvalue weighted by molar-refractivity contribution is 7.89. The number of esters is 1. The third-order valence-electron chi connectivity index (χ3n) is 1.81. The van der Waals surface area contributed by atoms with Gasteiger partial charge < -0.3 is 10.5 Å². The molecule has 0 heterocycles. The van der Waals surface area contributed by atoms with E-state index in [9.17, 15) is 13.2 Å². The molecule has 1 unspecified atom stereocenters. The van der Waals surface area contributed by atoms with Gasteiger partial charge in [-0.25, -0.2) is 8.42 Å². The van der Waals surface area contributed by atoms with Gasteiger partial charge in [-0.3, -0.25) is 4.79 Å². The van der Waals surface area contributed by atoms with Crippen LogP contribution in [0.5, 0.6) is 0 Å². The molecule has 0 rings (SSSR count). The van der Waals surface area contributed by atoms with E-state index in [0.717, 1.165) is 6.42 Å². The lowest BCUT2D eigenvalue weighted by Crippen LogP contribution is -2.47. The van der Waals surface area contributed by atoms with Crippen LogP contribution in [0.1, 0.15) is 19.8 Å². The first kappa shape index (κ1) is 18.0. The number of nitrogens with two attached hydrogens (primary N) is 1. The Morgan fingerprint density at radius 3 is 2.44 bits per heavy atom. The molecule has 98 valence electrons. The Hall–Kier alpha value is -0.370. The number of rotatable bonds is 7. The lowest BCUT2D eigenvalue weighted by Gasteiger charge is -2.14. The Bertz CT molecular complexity index is 294. The van der Waals surface area contributed by atoms with Crippen molar-refractivity contribution in [2.75, 3.05) is 19.4 Å². The summed E-state index contributed by atoms with van der Waals surface area (Å²) in [7, 11) is -2.26. The molecule has 1 atom stereocenters. The van der Waals surface area contributed by atoms with Gasteiger partial charge in [0.25, 0.3) is 0 Å². The van der Waals surface area contributed by atoms with E-state index in [1.165, 1.54) is 7.11 Å². The molecular formula is C8H19ClN2O4S. The average molecular weight is 275 g/mol. The molecular weight excluding hydrogens is 256 g/mol. The molecule has 0 fully saturated rings. The van der Waals surface area contributed by atoms with Crippen LogP contribution in [0.4, 0.5) is 0 Å². The van der Waals surface area contributed by atoms with Crippen LogP contribution in [0.3, 0.4) is 0 Å². The summed E-state index contributed by atoms with van der Waals surface area (Å²) in [5, 5.41) is 0. The molecule has 0 amide bonds. The second kappa shape index (κ2) is 8.74. The lowest BCUT2D eigenvalue weighted by atomic mass is 10.3. The van der Waals surface area contributed by atoms with Gasteiger partial charge in [-0.15, -0.1) is 12.4 Å². The molecule has 0 aromatic rings. The highest BCUT2D eigenvalue weighted by atomic mass is 35.5. The summed E-state index contributed by atoms with van der Waals surface area (Å²) in [6.07, 6.45) is 1.32. The molecule has 8 heteroatoms. The van der Waals surface area contributed by atoms with Crippen molar-refractivity contribution in [1.29, 1.82) is 0 Å². The predicted octanol–water partition coefficient (Wildman–Crippen LogP) is -0.372. The van der Waals surface area contributed by atoms with Gasteiger partial charge >= 0.3 is 5.97 Å². The Balaban J connectivity index is 0. The van der Waals surface area contributed by atoms with Gasteiger partial charge in [-0.05, 0) is 6.42 Å². The van der Waals surface area contributed by atoms with Crippen LogP contribution in [0.25, 0.3) is 0 Å². The largest absolute Gasteiger partial charge is 0.468 e. The van der Waals surface area contributed by atoms with Crippen LogP contribution in [0.15, 0.2) is 0 Å². The molecule has 6 nitrogen and oxygen atoms in total. The number of sulfonamides is 1. The van der Waals surface area contributed by atoms with E-state index < -0.39 is 22.0 Å². The minimum atomic E-state index is -3.44. The van der Waals surface area contributed by atoms with E-state index in [4.69, 9.17) is 5.73 Å². The summed E-state index contributed by atoms with van der Waals surface area (Å²) < 4.78 is 29.4. The van der Waals surface area contributed by atoms with Crippen molar-refractivity contribution in [3.05, 3.63) is 0 Å². The average Bonchev–Trinajstić information content (AvgIpc) is 2.22. The van der Waals surface area contributed by atoms with Gasteiger partial charge in [-0.2, -0.15) is 4.72 Å². The summed E-state index contributed by atoms with van der Waals surface area (Å²) in [5.41, 5.74) is 5.26. The number of hydrogen-bond acceptors (Lipinski definition) is 5. The number of ether oxygens (including phenoxy) is 1. The second-order valence-corrected chi connectivity index (χ2v) is 4.98. The number of halogens is 1. The van der Waals surface area contributed by atoms with Crippen molar-refractivity contribution in [2.24, 2.45) is 5.73 Å². The third kappa shape index (κ3) is 7.00. The van der Waals surface area contributed by atoms with E-state index in [1.54, 1.807) is 0 Å². The van der Waals surface area contributed by atoms with Crippen LogP contribution < -0.4 is 10.5 Å². The smallest absolute Gasteiger partial charge is 0.325 e. The Labute approximate surface area is 102 Å². The molecule has 3 N–H and O–H groups in total. The molecule has 0 aromatic heterocycles. The Morgan fingerprint density at radius 1 is 1.50 bits per heavy atom. The zero-order valence-corrected chi connectivity index (χ0v) is 11.1. The summed E-state index contributed by atoms with van der Waals surface area (Å²) in [4.78, 5) is 11.1. The standard InChI is InChI=1S/C8H18N2O4S.ClH/c1-3-4-5-15(12,13)10-7(6-9)8(11)14-2;/h7,10H,3-6,9H2,1-2H3;1H. The van der Waals surface area contributed by atoms with Crippen LogP contribution in [0.2, 0.25) is 0 Å². The van der Waals surface area contributed by atoms with Crippen LogP contribution in [0, 0.1) is 0 Å². The van der Waals surface area contributed by atoms with Crippen molar-refractivity contribution in [1.82, 2.24) is 4.72 Å². The Morgan fingerprint density at radius 2 is 2.06 bits per heavy atom. The molecule has 0 bridgehead atoms. The van der Waals surface area contributed by atoms with E-state index in [-0.39, 0.29) is 24.7 Å². The Kier molecular flexibility index (Phi) is 9.84. The fourth-order valence-corrected chi connectivity index (χ4v) is 2.36. The van der Waals surface area contributed by atoms with Crippen LogP contribution in [-0.2, 0) is 19.6 Å². The quantitative estimate of drug-likeness (QED) is 0.617. The molecule has 16 heavy (non-hydrogen) atoms. The van der Waals surface area contributed by atoms with Crippen molar-refractivity contribution < 1.29 is 17.9 Å². The third-order valence-corrected chi connectivity index (χ3v) is 3.28. The molecule has 0 saturated heterocycles. The van der Waals surface area contributed by atoms with Crippen molar-refractivity contribution in [3.8, 4) is 0 Å². The van der Waals surface area contributed by atoms with Crippen molar-refractivity contribution in [2.45, 2.75) is 25.8 Å². The van der Waals surface area contributed by atoms with E-state index >= 15 is 0 Å². The zero-order chi connectivity index (χ0) is 11.9. The molecule has 0 aliphatic rings. The summed E-state index contributed by atoms with van der Waals surface area (Å²) in [6.45, 7) is 1.77. The van der Waals surface area contributed by atoms with Gasteiger partial charge in [0.15, 0.2) is 0 Å². The van der Waals surface area contributed by atoms with E-state index in [2.05, 4.69) is 9.46 Å². The molecule has 0 aromatic carbocycles. The number of hydrogen-bond donors (Lipinski definition) is 2. The summed E-state index contributed by atoms with van der Waals surface area (Å²) >= 11 is 0. The van der Waals surface area contributed by atoms with E-state index in [1.807, 2.05) is 6.92 Å². The first-order valence-corrected chi connectivity index (χ1v) is 6.40. The summed E-state index contributed by atoms with van der Waals surface area (Å²) in [6, 6.07) is -0.989. The first-order valence-electron chi connectivity index (χ1n) is 4.74. The van der Waals surface area contributed by atoms with Gasteiger partial charge in [-0.1, -0.05) is 13.3 Å². The SMILES string of the molecule is CCCCS(=O)(=O)NC(CN)C(=O)OC.Cl. The molecule has 0 spiro atoms. The maximum atomic E-state index is 11.4. The van der Waals surface area contributed by atoms with Gasteiger partial charge in [0.05, 0.1) is 12.9 Å². The summed E-state index contributed by atoms with van der Waals surface area (Å²) in [5.74, 6) is -0.672. The van der Waals surface area contributed by atoms with Crippen LogP contribution >= 0.6 is 12.4 Å². The number of unbranched alkanes of at least 4 members (excludes halogenated alkanes) is 1. The second-order valence-electron chi connectivity index (χ2n) is 3.10.